The topological polar surface area (TPSA) is 69.7 Å². The number of carbonyl (C=O) groups is 1. The molecule has 2 heterocycles. The van der Waals surface area contributed by atoms with Gasteiger partial charge in [0, 0.05) is 62.9 Å². The zero-order valence-electron chi connectivity index (χ0n) is 12.6. The molecule has 1 amide bonds. The Morgan fingerprint density at radius 3 is 2.67 bits per heavy atom. The maximum atomic E-state index is 12.2. The van der Waals surface area contributed by atoms with Gasteiger partial charge in [0.15, 0.2) is 9.84 Å². The Bertz CT molecular complexity index is 450. The predicted molar refractivity (Wildman–Crippen MR) is 86.2 cm³/mol. The maximum absolute atomic E-state index is 12.2. The molecule has 2 saturated heterocycles. The van der Waals surface area contributed by atoms with E-state index in [-0.39, 0.29) is 11.7 Å². The lowest BCUT2D eigenvalue weighted by molar-refractivity contribution is -0.132. The van der Waals surface area contributed by atoms with Crippen molar-refractivity contribution in [1.29, 1.82) is 0 Å². The molecular formula is C13H25N3O3S2. The highest BCUT2D eigenvalue weighted by molar-refractivity contribution is 8.01. The van der Waals surface area contributed by atoms with Gasteiger partial charge in [-0.2, -0.15) is 11.8 Å². The molecule has 0 bridgehead atoms. The molecule has 0 aliphatic carbocycles. The average molecular weight is 335 g/mol. The van der Waals surface area contributed by atoms with E-state index in [4.69, 9.17) is 0 Å². The fraction of sp³-hybridized carbons (Fsp3) is 0.923. The van der Waals surface area contributed by atoms with Crippen molar-refractivity contribution >= 4 is 27.5 Å². The molecule has 0 aromatic carbocycles. The molecule has 2 aliphatic rings. The van der Waals surface area contributed by atoms with Crippen molar-refractivity contribution in [1.82, 2.24) is 15.1 Å². The van der Waals surface area contributed by atoms with Gasteiger partial charge in [-0.25, -0.2) is 8.42 Å². The number of hydrogen-bond acceptors (Lipinski definition) is 6. The average Bonchev–Trinajstić information content (AvgIpc) is 2.53. The first kappa shape index (κ1) is 17.1. The molecule has 2 aliphatic heterocycles. The van der Waals surface area contributed by atoms with Crippen LogP contribution in [0.15, 0.2) is 0 Å². The fourth-order valence-electron chi connectivity index (χ4n) is 2.71. The maximum Gasteiger partial charge on any atom is 0.223 e. The summed E-state index contributed by atoms with van der Waals surface area (Å²) in [5.41, 5.74) is 0. The van der Waals surface area contributed by atoms with Gasteiger partial charge >= 0.3 is 0 Å². The zero-order chi connectivity index (χ0) is 15.3. The molecule has 6 nitrogen and oxygen atoms in total. The molecule has 21 heavy (non-hydrogen) atoms. The van der Waals surface area contributed by atoms with Crippen molar-refractivity contribution in [3.63, 3.8) is 0 Å². The van der Waals surface area contributed by atoms with Crippen molar-refractivity contribution in [2.24, 2.45) is 0 Å². The van der Waals surface area contributed by atoms with Gasteiger partial charge in [0.25, 0.3) is 0 Å². The SMILES string of the molecule is CCS(=O)(=O)C1CSCCN1CCC(=O)N1CCNCC1. The quantitative estimate of drug-likeness (QED) is 0.738. The van der Waals surface area contributed by atoms with Crippen LogP contribution in [0.2, 0.25) is 0 Å². The zero-order valence-corrected chi connectivity index (χ0v) is 14.2. The van der Waals surface area contributed by atoms with Gasteiger partial charge in [0.05, 0.1) is 0 Å². The summed E-state index contributed by atoms with van der Waals surface area (Å²) in [5, 5.41) is 2.80. The second-order valence-electron chi connectivity index (χ2n) is 5.40. The molecule has 1 atom stereocenters. The molecule has 2 fully saturated rings. The number of amides is 1. The van der Waals surface area contributed by atoms with Crippen molar-refractivity contribution in [2.45, 2.75) is 18.7 Å². The minimum atomic E-state index is -3.07. The Balaban J connectivity index is 1.89. The molecule has 122 valence electrons. The van der Waals surface area contributed by atoms with E-state index in [0.717, 1.165) is 38.5 Å². The van der Waals surface area contributed by atoms with Crippen LogP contribution < -0.4 is 5.32 Å². The molecule has 8 heteroatoms. The van der Waals surface area contributed by atoms with Crippen molar-refractivity contribution in [2.75, 3.05) is 56.5 Å². The Morgan fingerprint density at radius 1 is 1.29 bits per heavy atom. The molecule has 0 radical (unpaired) electrons. The second-order valence-corrected chi connectivity index (χ2v) is 8.99. The fourth-order valence-corrected chi connectivity index (χ4v) is 5.82. The van der Waals surface area contributed by atoms with Crippen molar-refractivity contribution in [3.05, 3.63) is 0 Å². The van der Waals surface area contributed by atoms with Crippen LogP contribution in [0, 0.1) is 0 Å². The summed E-state index contributed by atoms with van der Waals surface area (Å²) < 4.78 is 24.3. The molecule has 2 rings (SSSR count). The van der Waals surface area contributed by atoms with E-state index in [1.807, 2.05) is 9.80 Å². The number of hydrogen-bond donors (Lipinski definition) is 1. The molecule has 0 aromatic rings. The number of nitrogens with one attached hydrogen (secondary N) is 1. The molecular weight excluding hydrogens is 310 g/mol. The number of carbonyl (C=O) groups excluding carboxylic acids is 1. The first-order valence-corrected chi connectivity index (χ1v) is 10.4. The third kappa shape index (κ3) is 4.58. The highest BCUT2D eigenvalue weighted by atomic mass is 32.2. The van der Waals surface area contributed by atoms with E-state index >= 15 is 0 Å². The number of piperazine rings is 1. The summed E-state index contributed by atoms with van der Waals surface area (Å²) in [6.45, 7) is 6.20. The Morgan fingerprint density at radius 2 is 2.00 bits per heavy atom. The van der Waals surface area contributed by atoms with Crippen LogP contribution in [0.3, 0.4) is 0 Å². The lowest BCUT2D eigenvalue weighted by Gasteiger charge is -2.35. The highest BCUT2D eigenvalue weighted by Gasteiger charge is 2.33. The van der Waals surface area contributed by atoms with Gasteiger partial charge in [-0.1, -0.05) is 6.92 Å². The summed E-state index contributed by atoms with van der Waals surface area (Å²) in [6.07, 6.45) is 0.417. The first-order valence-electron chi connectivity index (χ1n) is 7.56. The first-order chi connectivity index (χ1) is 10.0. The van der Waals surface area contributed by atoms with Crippen molar-refractivity contribution < 1.29 is 13.2 Å². The van der Waals surface area contributed by atoms with Gasteiger partial charge in [0.2, 0.25) is 5.91 Å². The summed E-state index contributed by atoms with van der Waals surface area (Å²) in [6, 6.07) is 0. The second kappa shape index (κ2) is 7.80. The molecule has 0 saturated carbocycles. The van der Waals surface area contributed by atoms with Gasteiger partial charge < -0.3 is 10.2 Å². The van der Waals surface area contributed by atoms with Crippen LogP contribution in [-0.4, -0.2) is 86.0 Å². The lowest BCUT2D eigenvalue weighted by atomic mass is 10.3. The molecule has 0 spiro atoms. The van der Waals surface area contributed by atoms with Crippen LogP contribution in [-0.2, 0) is 14.6 Å². The summed E-state index contributed by atoms with van der Waals surface area (Å²) in [5.74, 6) is 1.87. The standard InChI is InChI=1S/C13H25N3O3S2/c1-2-21(18,19)13-11-20-10-9-16(13)6-3-12(17)15-7-4-14-5-8-15/h13-14H,2-11H2,1H3. The minimum absolute atomic E-state index is 0.141. The van der Waals surface area contributed by atoms with E-state index < -0.39 is 15.2 Å². The molecule has 1 unspecified atom stereocenters. The van der Waals surface area contributed by atoms with E-state index in [1.165, 1.54) is 0 Å². The highest BCUT2D eigenvalue weighted by Crippen LogP contribution is 2.21. The van der Waals surface area contributed by atoms with Gasteiger partial charge in [-0.3, -0.25) is 9.69 Å². The predicted octanol–water partition coefficient (Wildman–Crippen LogP) is -0.382. The smallest absolute Gasteiger partial charge is 0.223 e. The van der Waals surface area contributed by atoms with E-state index in [2.05, 4.69) is 5.32 Å². The molecule has 0 aromatic heterocycles. The summed E-state index contributed by atoms with van der Waals surface area (Å²) >= 11 is 1.69. The summed E-state index contributed by atoms with van der Waals surface area (Å²) in [4.78, 5) is 16.0. The van der Waals surface area contributed by atoms with E-state index in [0.29, 0.717) is 18.7 Å². The Kier molecular flexibility index (Phi) is 6.34. The Hall–Kier alpha value is -0.310. The number of rotatable bonds is 5. The molecule has 1 N–H and O–H groups in total. The van der Waals surface area contributed by atoms with Gasteiger partial charge in [-0.15, -0.1) is 0 Å². The monoisotopic (exact) mass is 335 g/mol. The van der Waals surface area contributed by atoms with Crippen LogP contribution in [0.4, 0.5) is 0 Å². The third-order valence-electron chi connectivity index (χ3n) is 4.09. The van der Waals surface area contributed by atoms with E-state index in [1.54, 1.807) is 18.7 Å². The Labute approximate surface area is 131 Å². The lowest BCUT2D eigenvalue weighted by Crippen LogP contribution is -2.50. The van der Waals surface area contributed by atoms with Crippen LogP contribution in [0.5, 0.6) is 0 Å². The van der Waals surface area contributed by atoms with Crippen molar-refractivity contribution in [3.8, 4) is 0 Å². The van der Waals surface area contributed by atoms with Gasteiger partial charge in [0.1, 0.15) is 5.37 Å². The number of sulfone groups is 1. The minimum Gasteiger partial charge on any atom is -0.340 e. The van der Waals surface area contributed by atoms with E-state index in [9.17, 15) is 13.2 Å². The number of thioether (sulfide) groups is 1. The number of nitrogens with zero attached hydrogens (tertiary/aromatic N) is 2. The van der Waals surface area contributed by atoms with Crippen LogP contribution >= 0.6 is 11.8 Å². The third-order valence-corrected chi connectivity index (χ3v) is 7.42. The summed E-state index contributed by atoms with van der Waals surface area (Å²) in [7, 11) is -3.07. The largest absolute Gasteiger partial charge is 0.340 e. The van der Waals surface area contributed by atoms with Gasteiger partial charge in [-0.05, 0) is 0 Å². The van der Waals surface area contributed by atoms with Crippen LogP contribution in [0.25, 0.3) is 0 Å². The normalized spacial score (nSPS) is 25.0. The van der Waals surface area contributed by atoms with Crippen LogP contribution in [0.1, 0.15) is 13.3 Å².